The molecule has 1 heterocycles. The van der Waals surface area contributed by atoms with Gasteiger partial charge in [0.15, 0.2) is 5.76 Å². The number of benzene rings is 1. The van der Waals surface area contributed by atoms with Crippen LogP contribution in [0.3, 0.4) is 0 Å². The SMILES string of the molecule is CC(C)(C)c1ccc(NC(=O)c2ccco2)c(N)c1. The molecule has 0 atom stereocenters. The van der Waals surface area contributed by atoms with Crippen molar-refractivity contribution in [1.82, 2.24) is 0 Å². The van der Waals surface area contributed by atoms with Crippen molar-refractivity contribution in [2.45, 2.75) is 26.2 Å². The number of amides is 1. The van der Waals surface area contributed by atoms with Crippen molar-refractivity contribution >= 4 is 17.3 Å². The Kier molecular flexibility index (Phi) is 3.34. The van der Waals surface area contributed by atoms with Crippen LogP contribution in [-0.2, 0) is 5.41 Å². The number of carbonyl (C=O) groups excluding carboxylic acids is 1. The molecule has 0 aliphatic carbocycles. The van der Waals surface area contributed by atoms with Crippen molar-refractivity contribution < 1.29 is 9.21 Å². The molecule has 1 amide bonds. The summed E-state index contributed by atoms with van der Waals surface area (Å²) in [7, 11) is 0. The monoisotopic (exact) mass is 258 g/mol. The first-order valence-electron chi connectivity index (χ1n) is 6.13. The zero-order chi connectivity index (χ0) is 14.0. The fourth-order valence-electron chi connectivity index (χ4n) is 1.73. The van der Waals surface area contributed by atoms with E-state index in [2.05, 4.69) is 26.1 Å². The van der Waals surface area contributed by atoms with Gasteiger partial charge in [0.05, 0.1) is 17.6 Å². The molecule has 1 aromatic carbocycles. The van der Waals surface area contributed by atoms with Gasteiger partial charge >= 0.3 is 0 Å². The third-order valence-electron chi connectivity index (χ3n) is 2.91. The maximum Gasteiger partial charge on any atom is 0.291 e. The van der Waals surface area contributed by atoms with Gasteiger partial charge in [-0.05, 0) is 35.2 Å². The van der Waals surface area contributed by atoms with Crippen LogP contribution < -0.4 is 11.1 Å². The largest absolute Gasteiger partial charge is 0.459 e. The lowest BCUT2D eigenvalue weighted by Gasteiger charge is -2.20. The number of furan rings is 1. The van der Waals surface area contributed by atoms with E-state index in [1.54, 1.807) is 12.1 Å². The molecule has 0 bridgehead atoms. The smallest absolute Gasteiger partial charge is 0.291 e. The van der Waals surface area contributed by atoms with Gasteiger partial charge in [0.1, 0.15) is 0 Å². The Morgan fingerprint density at radius 2 is 2.00 bits per heavy atom. The molecule has 0 saturated heterocycles. The normalized spacial score (nSPS) is 11.3. The Morgan fingerprint density at radius 3 is 2.53 bits per heavy atom. The summed E-state index contributed by atoms with van der Waals surface area (Å²) in [6.45, 7) is 6.34. The molecule has 3 N–H and O–H groups in total. The van der Waals surface area contributed by atoms with E-state index in [-0.39, 0.29) is 17.1 Å². The van der Waals surface area contributed by atoms with E-state index >= 15 is 0 Å². The van der Waals surface area contributed by atoms with Crippen molar-refractivity contribution in [1.29, 1.82) is 0 Å². The van der Waals surface area contributed by atoms with Crippen LogP contribution in [0.15, 0.2) is 41.0 Å². The lowest BCUT2D eigenvalue weighted by atomic mass is 9.86. The maximum atomic E-state index is 11.8. The van der Waals surface area contributed by atoms with E-state index in [4.69, 9.17) is 10.2 Å². The zero-order valence-corrected chi connectivity index (χ0v) is 11.4. The number of anilines is 2. The van der Waals surface area contributed by atoms with Crippen molar-refractivity contribution in [2.24, 2.45) is 0 Å². The van der Waals surface area contributed by atoms with Gasteiger partial charge in [-0.1, -0.05) is 26.8 Å². The van der Waals surface area contributed by atoms with Crippen LogP contribution in [0.5, 0.6) is 0 Å². The standard InChI is InChI=1S/C15H18N2O2/c1-15(2,3)10-6-7-12(11(16)9-10)17-14(18)13-5-4-8-19-13/h4-9H,16H2,1-3H3,(H,17,18). The molecule has 0 radical (unpaired) electrons. The van der Waals surface area contributed by atoms with E-state index in [0.29, 0.717) is 11.4 Å². The molecule has 4 nitrogen and oxygen atoms in total. The highest BCUT2D eigenvalue weighted by Gasteiger charge is 2.16. The molecule has 0 spiro atoms. The Hall–Kier alpha value is -2.23. The molecule has 0 unspecified atom stereocenters. The van der Waals surface area contributed by atoms with E-state index in [1.807, 2.05) is 18.2 Å². The first kappa shape index (κ1) is 13.2. The van der Waals surface area contributed by atoms with Gasteiger partial charge in [0.25, 0.3) is 5.91 Å². The van der Waals surface area contributed by atoms with Gasteiger partial charge in [0.2, 0.25) is 0 Å². The van der Waals surface area contributed by atoms with Crippen LogP contribution in [0.2, 0.25) is 0 Å². The highest BCUT2D eigenvalue weighted by Crippen LogP contribution is 2.28. The Morgan fingerprint density at radius 1 is 1.26 bits per heavy atom. The zero-order valence-electron chi connectivity index (χ0n) is 11.4. The Labute approximate surface area is 112 Å². The Balaban J connectivity index is 2.21. The fraction of sp³-hybridized carbons (Fsp3) is 0.267. The third kappa shape index (κ3) is 2.96. The number of hydrogen-bond donors (Lipinski definition) is 2. The Bertz CT molecular complexity index is 581. The lowest BCUT2D eigenvalue weighted by molar-refractivity contribution is 0.0996. The fourth-order valence-corrected chi connectivity index (χ4v) is 1.73. The molecular formula is C15H18N2O2. The van der Waals surface area contributed by atoms with Crippen LogP contribution in [0.4, 0.5) is 11.4 Å². The number of nitrogens with two attached hydrogens (primary N) is 1. The van der Waals surface area contributed by atoms with Gasteiger partial charge in [-0.15, -0.1) is 0 Å². The number of rotatable bonds is 2. The predicted molar refractivity (Wildman–Crippen MR) is 76.2 cm³/mol. The van der Waals surface area contributed by atoms with Crippen molar-refractivity contribution in [2.75, 3.05) is 11.1 Å². The van der Waals surface area contributed by atoms with Crippen LogP contribution in [0.1, 0.15) is 36.9 Å². The maximum absolute atomic E-state index is 11.8. The average Bonchev–Trinajstić information content (AvgIpc) is 2.84. The van der Waals surface area contributed by atoms with Crippen LogP contribution in [0.25, 0.3) is 0 Å². The third-order valence-corrected chi connectivity index (χ3v) is 2.91. The molecule has 4 heteroatoms. The summed E-state index contributed by atoms with van der Waals surface area (Å²) in [5.74, 6) is -0.0421. The molecular weight excluding hydrogens is 240 g/mol. The number of carbonyl (C=O) groups is 1. The van der Waals surface area contributed by atoms with Gasteiger partial charge < -0.3 is 15.5 Å². The van der Waals surface area contributed by atoms with E-state index in [1.165, 1.54) is 6.26 Å². The molecule has 0 aliphatic rings. The molecule has 0 saturated carbocycles. The molecule has 1 aromatic heterocycles. The first-order valence-corrected chi connectivity index (χ1v) is 6.13. The molecule has 19 heavy (non-hydrogen) atoms. The summed E-state index contributed by atoms with van der Waals surface area (Å²) in [6.07, 6.45) is 1.46. The van der Waals surface area contributed by atoms with Crippen molar-refractivity contribution in [3.63, 3.8) is 0 Å². The van der Waals surface area contributed by atoms with Gasteiger partial charge in [-0.2, -0.15) is 0 Å². The van der Waals surface area contributed by atoms with Crippen LogP contribution >= 0.6 is 0 Å². The summed E-state index contributed by atoms with van der Waals surface area (Å²) in [4.78, 5) is 11.8. The van der Waals surface area contributed by atoms with Crippen LogP contribution in [0, 0.1) is 0 Å². The van der Waals surface area contributed by atoms with Gasteiger partial charge in [0, 0.05) is 0 Å². The molecule has 2 aromatic rings. The van der Waals surface area contributed by atoms with E-state index < -0.39 is 0 Å². The highest BCUT2D eigenvalue weighted by atomic mass is 16.3. The van der Waals surface area contributed by atoms with Gasteiger partial charge in [-0.25, -0.2) is 0 Å². The van der Waals surface area contributed by atoms with Crippen LogP contribution in [-0.4, -0.2) is 5.91 Å². The summed E-state index contributed by atoms with van der Waals surface area (Å²) in [5, 5.41) is 2.73. The molecule has 2 rings (SSSR count). The first-order chi connectivity index (χ1) is 8.88. The second kappa shape index (κ2) is 4.80. The predicted octanol–water partition coefficient (Wildman–Crippen LogP) is 3.41. The average molecular weight is 258 g/mol. The number of hydrogen-bond acceptors (Lipinski definition) is 3. The minimum Gasteiger partial charge on any atom is -0.459 e. The van der Waals surface area contributed by atoms with E-state index in [9.17, 15) is 4.79 Å². The molecule has 0 aliphatic heterocycles. The second-order valence-electron chi connectivity index (χ2n) is 5.48. The minimum atomic E-state index is -0.305. The number of nitrogens with one attached hydrogen (secondary N) is 1. The van der Waals surface area contributed by atoms with E-state index in [0.717, 1.165) is 5.56 Å². The summed E-state index contributed by atoms with van der Waals surface area (Å²) >= 11 is 0. The topological polar surface area (TPSA) is 68.3 Å². The molecule has 100 valence electrons. The quantitative estimate of drug-likeness (QED) is 0.811. The summed E-state index contributed by atoms with van der Waals surface area (Å²) in [5.41, 5.74) is 8.27. The number of nitrogen functional groups attached to an aromatic ring is 1. The van der Waals surface area contributed by atoms with Crippen molar-refractivity contribution in [3.05, 3.63) is 47.9 Å². The summed E-state index contributed by atoms with van der Waals surface area (Å²) in [6, 6.07) is 8.94. The highest BCUT2D eigenvalue weighted by molar-refractivity contribution is 6.03. The van der Waals surface area contributed by atoms with Gasteiger partial charge in [-0.3, -0.25) is 4.79 Å². The minimum absolute atomic E-state index is 0.0255. The van der Waals surface area contributed by atoms with Crippen molar-refractivity contribution in [3.8, 4) is 0 Å². The summed E-state index contributed by atoms with van der Waals surface area (Å²) < 4.78 is 5.03. The second-order valence-corrected chi connectivity index (χ2v) is 5.48. The lowest BCUT2D eigenvalue weighted by Crippen LogP contribution is -2.15. The molecule has 0 fully saturated rings.